The third-order valence-electron chi connectivity index (χ3n) is 3.61. The molecule has 0 saturated heterocycles. The predicted octanol–water partition coefficient (Wildman–Crippen LogP) is 3.97. The molecule has 0 radical (unpaired) electrons. The Hall–Kier alpha value is -1.51. The summed E-state index contributed by atoms with van der Waals surface area (Å²) in [6.07, 6.45) is 2.09. The number of hydrogen-bond donors (Lipinski definition) is 1. The fourth-order valence-corrected chi connectivity index (χ4v) is 2.68. The van der Waals surface area contributed by atoms with Crippen molar-refractivity contribution in [2.45, 2.75) is 12.8 Å². The van der Waals surface area contributed by atoms with Crippen LogP contribution in [0.3, 0.4) is 0 Å². The van der Waals surface area contributed by atoms with Crippen LogP contribution in [0.15, 0.2) is 48.5 Å². The molecule has 0 fully saturated rings. The molecule has 1 N–H and O–H groups in total. The van der Waals surface area contributed by atoms with Crippen molar-refractivity contribution in [1.29, 1.82) is 0 Å². The van der Waals surface area contributed by atoms with Gasteiger partial charge >= 0.3 is 0 Å². The molecule has 0 amide bonds. The van der Waals surface area contributed by atoms with Crippen LogP contribution in [-0.4, -0.2) is 20.7 Å². The zero-order valence-electron chi connectivity index (χ0n) is 12.6. The summed E-state index contributed by atoms with van der Waals surface area (Å²) in [5.41, 5.74) is 2.66. The Morgan fingerprint density at radius 1 is 0.952 bits per heavy atom. The Morgan fingerprint density at radius 3 is 1.95 bits per heavy atom. The highest BCUT2D eigenvalue weighted by Crippen LogP contribution is 2.18. The van der Waals surface area contributed by atoms with Crippen molar-refractivity contribution in [2.24, 2.45) is 5.92 Å². The van der Waals surface area contributed by atoms with Crippen LogP contribution in [0, 0.1) is 5.92 Å². The Morgan fingerprint density at radius 2 is 1.48 bits per heavy atom. The molecule has 0 aliphatic heterocycles. The molecule has 0 aromatic heterocycles. The third kappa shape index (κ3) is 5.07. The van der Waals surface area contributed by atoms with Crippen LogP contribution in [0.2, 0.25) is 5.02 Å². The fourth-order valence-electron chi connectivity index (χ4n) is 2.55. The van der Waals surface area contributed by atoms with Gasteiger partial charge in [0.15, 0.2) is 0 Å². The van der Waals surface area contributed by atoms with E-state index in [0.29, 0.717) is 5.92 Å². The summed E-state index contributed by atoms with van der Waals surface area (Å²) in [6.45, 7) is 0.995. The van der Waals surface area contributed by atoms with Gasteiger partial charge in [-0.3, -0.25) is 0 Å². The van der Waals surface area contributed by atoms with Gasteiger partial charge in [0.1, 0.15) is 5.75 Å². The van der Waals surface area contributed by atoms with Gasteiger partial charge < -0.3 is 10.1 Å². The van der Waals surface area contributed by atoms with Gasteiger partial charge in [0.05, 0.1) is 7.11 Å². The van der Waals surface area contributed by atoms with E-state index in [9.17, 15) is 0 Å². The van der Waals surface area contributed by atoms with E-state index >= 15 is 0 Å². The average molecular weight is 304 g/mol. The molecule has 0 spiro atoms. The second-order valence-corrected chi connectivity index (χ2v) is 5.74. The molecule has 1 unspecified atom stereocenters. The maximum Gasteiger partial charge on any atom is 0.118 e. The van der Waals surface area contributed by atoms with E-state index in [2.05, 4.69) is 29.6 Å². The van der Waals surface area contributed by atoms with Crippen LogP contribution < -0.4 is 10.1 Å². The maximum absolute atomic E-state index is 5.94. The van der Waals surface area contributed by atoms with Gasteiger partial charge in [0, 0.05) is 5.02 Å². The number of hydrogen-bond acceptors (Lipinski definition) is 2. The molecule has 0 bridgehead atoms. The molecular formula is C18H22ClNO. The van der Waals surface area contributed by atoms with Gasteiger partial charge in [-0.2, -0.15) is 0 Å². The molecule has 112 valence electrons. The minimum absolute atomic E-state index is 0.560. The summed E-state index contributed by atoms with van der Waals surface area (Å²) >= 11 is 5.94. The number of ether oxygens (including phenoxy) is 1. The zero-order chi connectivity index (χ0) is 15.1. The molecule has 21 heavy (non-hydrogen) atoms. The number of halogens is 1. The van der Waals surface area contributed by atoms with E-state index in [-0.39, 0.29) is 0 Å². The Kier molecular flexibility index (Phi) is 6.09. The lowest BCUT2D eigenvalue weighted by molar-refractivity contribution is 0.414. The fraction of sp³-hybridized carbons (Fsp3) is 0.333. The third-order valence-corrected chi connectivity index (χ3v) is 3.87. The molecule has 2 aromatic rings. The van der Waals surface area contributed by atoms with Crippen molar-refractivity contribution in [3.63, 3.8) is 0 Å². The SMILES string of the molecule is CNCC(Cc1ccc(Cl)cc1)Cc1ccc(OC)cc1. The number of rotatable bonds is 7. The van der Waals surface area contributed by atoms with E-state index in [1.165, 1.54) is 11.1 Å². The zero-order valence-corrected chi connectivity index (χ0v) is 13.4. The van der Waals surface area contributed by atoms with Gasteiger partial charge in [-0.15, -0.1) is 0 Å². The van der Waals surface area contributed by atoms with Crippen molar-refractivity contribution in [3.8, 4) is 5.75 Å². The smallest absolute Gasteiger partial charge is 0.118 e. The van der Waals surface area contributed by atoms with Crippen molar-refractivity contribution < 1.29 is 4.74 Å². The summed E-state index contributed by atoms with van der Waals surface area (Å²) in [7, 11) is 3.70. The van der Waals surface area contributed by atoms with Crippen LogP contribution in [-0.2, 0) is 12.8 Å². The first kappa shape index (κ1) is 15.9. The van der Waals surface area contributed by atoms with Crippen molar-refractivity contribution in [3.05, 3.63) is 64.7 Å². The molecule has 3 heteroatoms. The molecule has 0 heterocycles. The standard InChI is InChI=1S/C18H22ClNO/c1-20-13-16(11-14-3-7-17(19)8-4-14)12-15-5-9-18(21-2)10-6-15/h3-10,16,20H,11-13H2,1-2H3. The number of methoxy groups -OCH3 is 1. The van der Waals surface area contributed by atoms with E-state index in [1.54, 1.807) is 7.11 Å². The summed E-state index contributed by atoms with van der Waals surface area (Å²) in [4.78, 5) is 0. The molecule has 0 aliphatic rings. The maximum atomic E-state index is 5.94. The molecule has 2 aromatic carbocycles. The molecule has 0 aliphatic carbocycles. The van der Waals surface area contributed by atoms with Gasteiger partial charge in [-0.05, 0) is 67.7 Å². The second-order valence-electron chi connectivity index (χ2n) is 5.31. The average Bonchev–Trinajstić information content (AvgIpc) is 2.50. The molecule has 2 rings (SSSR count). The first-order chi connectivity index (χ1) is 10.2. The largest absolute Gasteiger partial charge is 0.497 e. The minimum Gasteiger partial charge on any atom is -0.497 e. The summed E-state index contributed by atoms with van der Waals surface area (Å²) in [5, 5.41) is 4.08. The predicted molar refractivity (Wildman–Crippen MR) is 89.3 cm³/mol. The summed E-state index contributed by atoms with van der Waals surface area (Å²) in [5.74, 6) is 1.46. The Balaban J connectivity index is 2.02. The van der Waals surface area contributed by atoms with E-state index in [4.69, 9.17) is 16.3 Å². The Bertz CT molecular complexity index is 536. The van der Waals surface area contributed by atoms with E-state index in [0.717, 1.165) is 30.2 Å². The summed E-state index contributed by atoms with van der Waals surface area (Å²) in [6, 6.07) is 16.5. The van der Waals surface area contributed by atoms with Gasteiger partial charge in [0.25, 0.3) is 0 Å². The monoisotopic (exact) mass is 303 g/mol. The summed E-state index contributed by atoms with van der Waals surface area (Å²) < 4.78 is 5.20. The number of nitrogens with one attached hydrogen (secondary N) is 1. The topological polar surface area (TPSA) is 21.3 Å². The highest BCUT2D eigenvalue weighted by Gasteiger charge is 2.10. The van der Waals surface area contributed by atoms with E-state index in [1.807, 2.05) is 31.3 Å². The van der Waals surface area contributed by atoms with Crippen LogP contribution >= 0.6 is 11.6 Å². The molecule has 2 nitrogen and oxygen atoms in total. The quantitative estimate of drug-likeness (QED) is 0.835. The van der Waals surface area contributed by atoms with Crippen LogP contribution in [0.1, 0.15) is 11.1 Å². The first-order valence-corrected chi connectivity index (χ1v) is 7.61. The molecule has 1 atom stereocenters. The van der Waals surface area contributed by atoms with Gasteiger partial charge in [0.2, 0.25) is 0 Å². The van der Waals surface area contributed by atoms with E-state index < -0.39 is 0 Å². The molecule has 0 saturated carbocycles. The number of benzene rings is 2. The van der Waals surface area contributed by atoms with Crippen LogP contribution in [0.25, 0.3) is 0 Å². The lowest BCUT2D eigenvalue weighted by Crippen LogP contribution is -2.22. The highest BCUT2D eigenvalue weighted by atomic mass is 35.5. The highest BCUT2D eigenvalue weighted by molar-refractivity contribution is 6.30. The normalized spacial score (nSPS) is 12.1. The first-order valence-electron chi connectivity index (χ1n) is 7.23. The second kappa shape index (κ2) is 8.06. The van der Waals surface area contributed by atoms with Crippen LogP contribution in [0.5, 0.6) is 5.75 Å². The molecular weight excluding hydrogens is 282 g/mol. The lowest BCUT2D eigenvalue weighted by atomic mass is 9.92. The van der Waals surface area contributed by atoms with Crippen molar-refractivity contribution in [1.82, 2.24) is 5.32 Å². The van der Waals surface area contributed by atoms with Crippen molar-refractivity contribution in [2.75, 3.05) is 20.7 Å². The van der Waals surface area contributed by atoms with Gasteiger partial charge in [-0.25, -0.2) is 0 Å². The Labute approximate surface area is 132 Å². The van der Waals surface area contributed by atoms with Crippen LogP contribution in [0.4, 0.5) is 0 Å². The minimum atomic E-state index is 0.560. The van der Waals surface area contributed by atoms with Crippen molar-refractivity contribution >= 4 is 11.6 Å². The van der Waals surface area contributed by atoms with Gasteiger partial charge in [-0.1, -0.05) is 35.9 Å². The lowest BCUT2D eigenvalue weighted by Gasteiger charge is -2.17.